The van der Waals surface area contributed by atoms with Gasteiger partial charge in [0.1, 0.15) is 11.6 Å². The molecule has 162 valence electrons. The van der Waals surface area contributed by atoms with Crippen LogP contribution in [0.25, 0.3) is 5.69 Å². The van der Waals surface area contributed by atoms with Crippen LogP contribution >= 0.6 is 0 Å². The average Bonchev–Trinajstić information content (AvgIpc) is 3.10. The zero-order valence-corrected chi connectivity index (χ0v) is 17.6. The molecule has 0 radical (unpaired) electrons. The minimum Gasteiger partial charge on any atom is -0.497 e. The molecule has 0 amide bonds. The van der Waals surface area contributed by atoms with Crippen LogP contribution < -0.4 is 10.3 Å². The Morgan fingerprint density at radius 2 is 1.77 bits per heavy atom. The first-order chi connectivity index (χ1) is 14.9. The summed E-state index contributed by atoms with van der Waals surface area (Å²) in [5, 5.41) is 3.00. The van der Waals surface area contributed by atoms with Crippen LogP contribution in [0.15, 0.2) is 58.3 Å². The van der Waals surface area contributed by atoms with Gasteiger partial charge < -0.3 is 9.47 Å². The van der Waals surface area contributed by atoms with Crippen LogP contribution in [0.3, 0.4) is 0 Å². The van der Waals surface area contributed by atoms with E-state index in [1.54, 1.807) is 50.4 Å². The van der Waals surface area contributed by atoms with Gasteiger partial charge in [0.25, 0.3) is 5.56 Å². The van der Waals surface area contributed by atoms with Gasteiger partial charge in [-0.1, -0.05) is 12.1 Å². The fourth-order valence-corrected chi connectivity index (χ4v) is 3.20. The number of aromatic nitrogens is 2. The fourth-order valence-electron chi connectivity index (χ4n) is 3.20. The molecule has 0 saturated heterocycles. The number of hydrogen-bond donors (Lipinski definition) is 1. The normalized spacial score (nSPS) is 11.4. The Morgan fingerprint density at radius 3 is 2.39 bits per heavy atom. The van der Waals surface area contributed by atoms with Gasteiger partial charge in [-0.15, -0.1) is 0 Å². The molecule has 0 fully saturated rings. The zero-order valence-electron chi connectivity index (χ0n) is 17.6. The molecule has 0 unspecified atom stereocenters. The quantitative estimate of drug-likeness (QED) is 0.444. The number of nitrogens with zero attached hydrogens (tertiary/aromatic N) is 2. The lowest BCUT2D eigenvalue weighted by Gasteiger charge is -2.03. The van der Waals surface area contributed by atoms with E-state index in [1.165, 1.54) is 23.9 Å². The SMILES string of the molecule is COC(=O)Cc1[nH]n(-c2ccc(OC)cc2)c(=O)c1C(C)=NCCc1ccc(F)cc1. The van der Waals surface area contributed by atoms with Gasteiger partial charge in [-0.25, -0.2) is 9.07 Å². The van der Waals surface area contributed by atoms with Crippen LogP contribution in [-0.4, -0.2) is 42.2 Å². The molecule has 0 aliphatic heterocycles. The number of nitrogens with one attached hydrogen (secondary N) is 1. The van der Waals surface area contributed by atoms with Crippen LogP contribution in [0, 0.1) is 5.82 Å². The molecular formula is C23H24FN3O4. The Morgan fingerprint density at radius 1 is 1.10 bits per heavy atom. The Hall–Kier alpha value is -3.68. The maximum atomic E-state index is 13.2. The van der Waals surface area contributed by atoms with Crippen molar-refractivity contribution in [1.82, 2.24) is 9.78 Å². The summed E-state index contributed by atoms with van der Waals surface area (Å²) in [6, 6.07) is 13.2. The highest BCUT2D eigenvalue weighted by molar-refractivity contribution is 6.00. The lowest BCUT2D eigenvalue weighted by Crippen LogP contribution is -2.20. The topological polar surface area (TPSA) is 85.7 Å². The molecule has 0 aliphatic carbocycles. The van der Waals surface area contributed by atoms with Crippen molar-refractivity contribution < 1.29 is 18.7 Å². The Balaban J connectivity index is 1.91. The van der Waals surface area contributed by atoms with E-state index in [9.17, 15) is 14.0 Å². The number of esters is 1. The minimum atomic E-state index is -0.469. The monoisotopic (exact) mass is 425 g/mol. The zero-order chi connectivity index (χ0) is 22.4. The Bertz CT molecular complexity index is 1130. The van der Waals surface area contributed by atoms with E-state index < -0.39 is 5.97 Å². The lowest BCUT2D eigenvalue weighted by molar-refractivity contribution is -0.139. The number of ether oxygens (including phenoxy) is 2. The number of benzene rings is 2. The number of aliphatic imine (C=N–C) groups is 1. The predicted octanol–water partition coefficient (Wildman–Crippen LogP) is 3.08. The molecule has 3 aromatic rings. The van der Waals surface area contributed by atoms with Crippen LogP contribution in [0.2, 0.25) is 0 Å². The van der Waals surface area contributed by atoms with E-state index in [0.717, 1.165) is 5.56 Å². The van der Waals surface area contributed by atoms with E-state index >= 15 is 0 Å². The number of halogens is 1. The predicted molar refractivity (Wildman–Crippen MR) is 116 cm³/mol. The fraction of sp³-hybridized carbons (Fsp3) is 0.261. The van der Waals surface area contributed by atoms with Crippen molar-refractivity contribution in [1.29, 1.82) is 0 Å². The first kappa shape index (κ1) is 22.0. The molecule has 1 N–H and O–H groups in total. The van der Waals surface area contributed by atoms with E-state index in [1.807, 2.05) is 0 Å². The smallest absolute Gasteiger partial charge is 0.311 e. The molecule has 0 bridgehead atoms. The van der Waals surface area contributed by atoms with Gasteiger partial charge in [0.15, 0.2) is 0 Å². The summed E-state index contributed by atoms with van der Waals surface area (Å²) in [5.41, 5.74) is 2.50. The number of carbonyl (C=O) groups is 1. The summed E-state index contributed by atoms with van der Waals surface area (Å²) in [5.74, 6) is -0.0947. The van der Waals surface area contributed by atoms with Gasteiger partial charge in [0, 0.05) is 12.3 Å². The van der Waals surface area contributed by atoms with Gasteiger partial charge in [-0.05, 0) is 55.3 Å². The maximum Gasteiger partial charge on any atom is 0.311 e. The highest BCUT2D eigenvalue weighted by atomic mass is 19.1. The number of aromatic amines is 1. The van der Waals surface area contributed by atoms with Gasteiger partial charge in [0.05, 0.1) is 37.6 Å². The van der Waals surface area contributed by atoms with Crippen molar-refractivity contribution in [2.24, 2.45) is 4.99 Å². The van der Waals surface area contributed by atoms with Crippen molar-refractivity contribution in [3.8, 4) is 11.4 Å². The third-order valence-electron chi connectivity index (χ3n) is 4.87. The molecule has 31 heavy (non-hydrogen) atoms. The Labute approximate surface area is 179 Å². The highest BCUT2D eigenvalue weighted by Gasteiger charge is 2.20. The summed E-state index contributed by atoms with van der Waals surface area (Å²) in [6.45, 7) is 2.15. The van der Waals surface area contributed by atoms with Crippen molar-refractivity contribution in [3.63, 3.8) is 0 Å². The second-order valence-electron chi connectivity index (χ2n) is 6.90. The van der Waals surface area contributed by atoms with E-state index in [2.05, 4.69) is 10.1 Å². The molecule has 0 aliphatic rings. The second-order valence-corrected chi connectivity index (χ2v) is 6.90. The number of hydrogen-bond acceptors (Lipinski definition) is 5. The molecule has 1 aromatic heterocycles. The second kappa shape index (κ2) is 9.88. The first-order valence-electron chi connectivity index (χ1n) is 9.74. The van der Waals surface area contributed by atoms with Crippen molar-refractivity contribution >= 4 is 11.7 Å². The van der Waals surface area contributed by atoms with Crippen LogP contribution in [0.1, 0.15) is 23.7 Å². The average molecular weight is 425 g/mol. The summed E-state index contributed by atoms with van der Waals surface area (Å²) in [6.07, 6.45) is 0.510. The molecule has 8 heteroatoms. The van der Waals surface area contributed by atoms with E-state index in [4.69, 9.17) is 9.47 Å². The molecule has 0 spiro atoms. The summed E-state index contributed by atoms with van der Waals surface area (Å²) in [7, 11) is 2.86. The third-order valence-corrected chi connectivity index (χ3v) is 4.87. The molecule has 2 aromatic carbocycles. The van der Waals surface area contributed by atoms with Gasteiger partial charge in [-0.2, -0.15) is 0 Å². The third kappa shape index (κ3) is 5.28. The number of carbonyl (C=O) groups excluding carboxylic acids is 1. The standard InChI is InChI=1S/C23H24FN3O4/c1-15(25-13-12-16-4-6-17(24)7-5-16)22-20(14-21(28)31-3)26-27(23(22)29)18-8-10-19(30-2)11-9-18/h4-11,26H,12-14H2,1-3H3. The van der Waals surface area contributed by atoms with Crippen molar-refractivity contribution in [2.75, 3.05) is 20.8 Å². The highest BCUT2D eigenvalue weighted by Crippen LogP contribution is 2.15. The van der Waals surface area contributed by atoms with Crippen LogP contribution in [-0.2, 0) is 22.4 Å². The van der Waals surface area contributed by atoms with Crippen LogP contribution in [0.5, 0.6) is 5.75 Å². The molecule has 0 saturated carbocycles. The number of rotatable bonds is 8. The Kier molecular flexibility index (Phi) is 7.02. The molecule has 1 heterocycles. The molecular weight excluding hydrogens is 401 g/mol. The first-order valence-corrected chi connectivity index (χ1v) is 9.74. The molecule has 0 atom stereocenters. The summed E-state index contributed by atoms with van der Waals surface area (Å²) < 4.78 is 24.3. The minimum absolute atomic E-state index is 0.0882. The van der Waals surface area contributed by atoms with Crippen molar-refractivity contribution in [3.05, 3.63) is 81.5 Å². The molecule has 7 nitrogen and oxygen atoms in total. The van der Waals surface area contributed by atoms with Gasteiger partial charge in [-0.3, -0.25) is 19.7 Å². The van der Waals surface area contributed by atoms with Crippen LogP contribution in [0.4, 0.5) is 4.39 Å². The van der Waals surface area contributed by atoms with E-state index in [0.29, 0.717) is 41.4 Å². The maximum absolute atomic E-state index is 13.2. The van der Waals surface area contributed by atoms with Gasteiger partial charge in [0.2, 0.25) is 0 Å². The summed E-state index contributed by atoms with van der Waals surface area (Å²) >= 11 is 0. The molecule has 3 rings (SSSR count). The van der Waals surface area contributed by atoms with Crippen molar-refractivity contribution in [2.45, 2.75) is 19.8 Å². The summed E-state index contributed by atoms with van der Waals surface area (Å²) in [4.78, 5) is 29.6. The van der Waals surface area contributed by atoms with E-state index in [-0.39, 0.29) is 17.8 Å². The lowest BCUT2D eigenvalue weighted by atomic mass is 10.1. The number of H-pyrrole nitrogens is 1. The largest absolute Gasteiger partial charge is 0.497 e. The number of methoxy groups -OCH3 is 2. The van der Waals surface area contributed by atoms with Gasteiger partial charge >= 0.3 is 5.97 Å².